The number of amides is 2. The zero-order valence-electron chi connectivity index (χ0n) is 19.3. The normalized spacial score (nSPS) is 12.7. The van der Waals surface area contributed by atoms with E-state index in [2.05, 4.69) is 15.5 Å². The van der Waals surface area contributed by atoms with E-state index >= 15 is 0 Å². The molecule has 0 saturated heterocycles. The fraction of sp³-hybridized carbons (Fsp3) is 0.154. The molecule has 3 aromatic carbocycles. The number of nitrogens with one attached hydrogen (secondary N) is 1. The number of carbonyl (C=O) groups is 2. The van der Waals surface area contributed by atoms with Crippen molar-refractivity contribution in [1.29, 1.82) is 0 Å². The average molecular weight is 539 g/mol. The van der Waals surface area contributed by atoms with E-state index in [1.807, 2.05) is 12.1 Å². The van der Waals surface area contributed by atoms with Gasteiger partial charge in [-0.2, -0.15) is 0 Å². The van der Waals surface area contributed by atoms with Gasteiger partial charge in [0.05, 0.1) is 22.1 Å². The number of carbonyl (C=O) groups excluding carboxylic acids is 2. The van der Waals surface area contributed by atoms with E-state index in [0.29, 0.717) is 51.2 Å². The second-order valence-corrected chi connectivity index (χ2v) is 8.97. The van der Waals surface area contributed by atoms with E-state index < -0.39 is 11.8 Å². The number of hydrogen-bond acceptors (Lipinski definition) is 6. The summed E-state index contributed by atoms with van der Waals surface area (Å²) in [5.41, 5.74) is 1.96. The van der Waals surface area contributed by atoms with Gasteiger partial charge in [-0.25, -0.2) is 0 Å². The van der Waals surface area contributed by atoms with E-state index in [-0.39, 0.29) is 24.7 Å². The van der Waals surface area contributed by atoms with Crippen LogP contribution in [0.2, 0.25) is 10.0 Å². The van der Waals surface area contributed by atoms with Crippen LogP contribution in [0.1, 0.15) is 15.9 Å². The lowest BCUT2D eigenvalue weighted by Crippen LogP contribution is -2.28. The van der Waals surface area contributed by atoms with Crippen molar-refractivity contribution < 1.29 is 24.2 Å². The molecule has 0 saturated carbocycles. The molecule has 1 aliphatic heterocycles. The minimum absolute atomic E-state index is 0.141. The highest BCUT2D eigenvalue weighted by molar-refractivity contribution is 6.42. The molecule has 5 rings (SSSR count). The summed E-state index contributed by atoms with van der Waals surface area (Å²) >= 11 is 12.1. The van der Waals surface area contributed by atoms with Crippen LogP contribution >= 0.6 is 23.2 Å². The first-order valence-corrected chi connectivity index (χ1v) is 12.0. The number of aromatic hydroxyl groups is 1. The van der Waals surface area contributed by atoms with Crippen LogP contribution in [0, 0.1) is 0 Å². The number of rotatable bonds is 6. The Morgan fingerprint density at radius 2 is 1.76 bits per heavy atom. The number of nitrogens with zero attached hydrogens (tertiary/aromatic N) is 3. The molecule has 2 heterocycles. The van der Waals surface area contributed by atoms with Crippen molar-refractivity contribution >= 4 is 51.6 Å². The number of para-hydroxylation sites is 1. The standard InChI is InChI=1S/C26H20Cl2N4O5/c27-18-7-5-15(11-19(18)28)14-32-20-4-2-1-3-17(20)24(26(32)35)31-30-23(33)13-29-25(34)16-6-8-21-22(12-16)37-10-9-36-21/h1-8,11-12,35H,9-10,13-14H2,(H,29,34). The van der Waals surface area contributed by atoms with Crippen LogP contribution in [-0.4, -0.2) is 41.2 Å². The second kappa shape index (κ2) is 10.5. The van der Waals surface area contributed by atoms with Crippen LogP contribution in [-0.2, 0) is 11.3 Å². The van der Waals surface area contributed by atoms with E-state index in [1.165, 1.54) is 0 Å². The van der Waals surface area contributed by atoms with Gasteiger partial charge in [0.2, 0.25) is 5.88 Å². The Labute approximate surface area is 221 Å². The van der Waals surface area contributed by atoms with E-state index in [4.69, 9.17) is 32.7 Å². The van der Waals surface area contributed by atoms with Crippen molar-refractivity contribution in [2.75, 3.05) is 19.8 Å². The summed E-state index contributed by atoms with van der Waals surface area (Å²) in [6, 6.07) is 17.2. The number of aromatic nitrogens is 1. The molecule has 1 aromatic heterocycles. The predicted octanol–water partition coefficient (Wildman–Crippen LogP) is 5.51. The number of azo groups is 1. The summed E-state index contributed by atoms with van der Waals surface area (Å²) in [5.74, 6) is -0.291. The maximum atomic E-state index is 12.5. The third kappa shape index (κ3) is 5.23. The fourth-order valence-corrected chi connectivity index (χ4v) is 4.26. The van der Waals surface area contributed by atoms with Crippen LogP contribution in [0.4, 0.5) is 5.69 Å². The number of halogens is 2. The molecule has 0 unspecified atom stereocenters. The molecule has 188 valence electrons. The molecule has 0 fully saturated rings. The van der Waals surface area contributed by atoms with Gasteiger partial charge in [-0.05, 0) is 42.0 Å². The van der Waals surface area contributed by atoms with Gasteiger partial charge in [0.15, 0.2) is 17.2 Å². The average Bonchev–Trinajstić information content (AvgIpc) is 3.18. The molecule has 0 aliphatic carbocycles. The van der Waals surface area contributed by atoms with Crippen molar-refractivity contribution in [3.05, 3.63) is 81.8 Å². The minimum Gasteiger partial charge on any atom is -0.493 e. The number of ether oxygens (including phenoxy) is 2. The lowest BCUT2D eigenvalue weighted by molar-refractivity contribution is -0.117. The van der Waals surface area contributed by atoms with Crippen molar-refractivity contribution in [3.63, 3.8) is 0 Å². The first kappa shape index (κ1) is 24.6. The van der Waals surface area contributed by atoms with Gasteiger partial charge < -0.3 is 24.5 Å². The lowest BCUT2D eigenvalue weighted by Gasteiger charge is -2.18. The monoisotopic (exact) mass is 538 g/mol. The lowest BCUT2D eigenvalue weighted by atomic mass is 10.2. The SMILES string of the molecule is O=C(CNC(=O)c1ccc2c(c1)OCCO2)N=Nc1c(O)n(Cc2ccc(Cl)c(Cl)c2)c2ccccc12. The van der Waals surface area contributed by atoms with Gasteiger partial charge in [0.25, 0.3) is 11.8 Å². The highest BCUT2D eigenvalue weighted by Crippen LogP contribution is 2.39. The van der Waals surface area contributed by atoms with Gasteiger partial charge in [0, 0.05) is 10.9 Å². The third-order valence-corrected chi connectivity index (χ3v) is 6.45. The minimum atomic E-state index is -0.688. The smallest absolute Gasteiger partial charge is 0.283 e. The molecule has 2 N–H and O–H groups in total. The summed E-state index contributed by atoms with van der Waals surface area (Å²) in [7, 11) is 0. The number of hydrogen-bond donors (Lipinski definition) is 2. The summed E-state index contributed by atoms with van der Waals surface area (Å²) in [6.45, 7) is 0.757. The highest BCUT2D eigenvalue weighted by Gasteiger charge is 2.18. The molecular formula is C26H20Cl2N4O5. The molecule has 1 aliphatic rings. The van der Waals surface area contributed by atoms with Crippen LogP contribution in [0.3, 0.4) is 0 Å². The fourth-order valence-electron chi connectivity index (χ4n) is 3.93. The van der Waals surface area contributed by atoms with Crippen LogP contribution in [0.25, 0.3) is 10.9 Å². The van der Waals surface area contributed by atoms with Crippen molar-refractivity contribution in [3.8, 4) is 17.4 Å². The molecule has 37 heavy (non-hydrogen) atoms. The maximum Gasteiger partial charge on any atom is 0.283 e. The summed E-state index contributed by atoms with van der Waals surface area (Å²) in [6.07, 6.45) is 0. The molecule has 0 radical (unpaired) electrons. The van der Waals surface area contributed by atoms with Crippen molar-refractivity contribution in [1.82, 2.24) is 9.88 Å². The Hall–Kier alpha value is -4.08. The number of fused-ring (bicyclic) bond motifs is 2. The maximum absolute atomic E-state index is 12.5. The van der Waals surface area contributed by atoms with E-state index in [9.17, 15) is 14.7 Å². The van der Waals surface area contributed by atoms with E-state index in [0.717, 1.165) is 5.56 Å². The molecule has 11 heteroatoms. The van der Waals surface area contributed by atoms with E-state index in [1.54, 1.807) is 53.1 Å². The largest absolute Gasteiger partial charge is 0.493 e. The Morgan fingerprint density at radius 1 is 0.973 bits per heavy atom. The van der Waals surface area contributed by atoms with Crippen molar-refractivity contribution in [2.45, 2.75) is 6.54 Å². The Kier molecular flexibility index (Phi) is 6.98. The summed E-state index contributed by atoms with van der Waals surface area (Å²) in [5, 5.41) is 22.6. The highest BCUT2D eigenvalue weighted by atomic mass is 35.5. The van der Waals surface area contributed by atoms with Crippen LogP contribution < -0.4 is 14.8 Å². The zero-order chi connectivity index (χ0) is 25.9. The molecule has 9 nitrogen and oxygen atoms in total. The zero-order valence-corrected chi connectivity index (χ0v) is 20.8. The van der Waals surface area contributed by atoms with Gasteiger partial charge in [-0.15, -0.1) is 10.2 Å². The van der Waals surface area contributed by atoms with Gasteiger partial charge >= 0.3 is 0 Å². The van der Waals surface area contributed by atoms with Gasteiger partial charge in [-0.1, -0.05) is 47.5 Å². The molecule has 4 aromatic rings. The van der Waals surface area contributed by atoms with Gasteiger partial charge in [0.1, 0.15) is 19.8 Å². The topological polar surface area (TPSA) is 115 Å². The number of benzene rings is 3. The van der Waals surface area contributed by atoms with Gasteiger partial charge in [-0.3, -0.25) is 9.59 Å². The quantitative estimate of drug-likeness (QED) is 0.314. The van der Waals surface area contributed by atoms with Crippen LogP contribution in [0.5, 0.6) is 17.4 Å². The van der Waals surface area contributed by atoms with Crippen LogP contribution in [0.15, 0.2) is 70.9 Å². The molecule has 0 bridgehead atoms. The Bertz CT molecular complexity index is 1550. The second-order valence-electron chi connectivity index (χ2n) is 8.16. The first-order chi connectivity index (χ1) is 17.9. The summed E-state index contributed by atoms with van der Waals surface area (Å²) in [4.78, 5) is 24.8. The Balaban J connectivity index is 1.30. The first-order valence-electron chi connectivity index (χ1n) is 11.3. The molecular weight excluding hydrogens is 519 g/mol. The molecule has 0 atom stereocenters. The Morgan fingerprint density at radius 3 is 2.57 bits per heavy atom. The summed E-state index contributed by atoms with van der Waals surface area (Å²) < 4.78 is 12.6. The molecule has 0 spiro atoms. The molecule has 2 amide bonds. The van der Waals surface area contributed by atoms with Crippen molar-refractivity contribution in [2.24, 2.45) is 10.2 Å². The predicted molar refractivity (Wildman–Crippen MR) is 138 cm³/mol. The third-order valence-electron chi connectivity index (χ3n) is 5.71.